The van der Waals surface area contributed by atoms with E-state index in [0.29, 0.717) is 13.0 Å². The van der Waals surface area contributed by atoms with Crippen LogP contribution in [-0.4, -0.2) is 58.8 Å². The molecule has 0 aliphatic rings. The Morgan fingerprint density at radius 2 is 1.44 bits per heavy atom. The van der Waals surface area contributed by atoms with E-state index in [1.54, 1.807) is 7.05 Å². The van der Waals surface area contributed by atoms with Crippen LogP contribution in [0.3, 0.4) is 0 Å². The highest BCUT2D eigenvalue weighted by Gasteiger charge is 1.95. The van der Waals surface area contributed by atoms with Gasteiger partial charge in [-0.25, -0.2) is 0 Å². The summed E-state index contributed by atoms with van der Waals surface area (Å²) >= 11 is 0. The molecule has 0 atom stereocenters. The van der Waals surface area contributed by atoms with Crippen molar-refractivity contribution in [3.05, 3.63) is 0 Å². The Morgan fingerprint density at radius 3 is 1.94 bits per heavy atom. The van der Waals surface area contributed by atoms with Gasteiger partial charge in [0.25, 0.3) is 0 Å². The van der Waals surface area contributed by atoms with Gasteiger partial charge in [0.2, 0.25) is 5.91 Å². The summed E-state index contributed by atoms with van der Waals surface area (Å²) in [5, 5.41) is 12.3. The van der Waals surface area contributed by atoms with E-state index in [2.05, 4.69) is 21.3 Å². The van der Waals surface area contributed by atoms with Crippen LogP contribution in [0.15, 0.2) is 0 Å². The Labute approximate surface area is 97.7 Å². The smallest absolute Gasteiger partial charge is 0.221 e. The highest BCUT2D eigenvalue weighted by molar-refractivity contribution is 5.75. The van der Waals surface area contributed by atoms with Crippen LogP contribution in [0.5, 0.6) is 0 Å². The van der Waals surface area contributed by atoms with E-state index in [1.807, 2.05) is 0 Å². The largest absolute Gasteiger partial charge is 0.359 e. The lowest BCUT2D eigenvalue weighted by molar-refractivity contribution is -0.120. The lowest BCUT2D eigenvalue weighted by atomic mass is 10.4. The second-order valence-electron chi connectivity index (χ2n) is 3.46. The molecule has 0 aromatic carbocycles. The average Bonchev–Trinajstić information content (AvgIpc) is 2.31. The monoisotopic (exact) mass is 231 g/mol. The number of nitrogens with one attached hydrogen (secondary N) is 4. The summed E-state index contributed by atoms with van der Waals surface area (Å²) in [5.74, 6) is 0.0754. The number of rotatable bonds is 11. The predicted molar refractivity (Wildman–Crippen MR) is 66.3 cm³/mol. The van der Waals surface area contributed by atoms with Crippen LogP contribution in [-0.2, 0) is 4.79 Å². The van der Waals surface area contributed by atoms with Crippen molar-refractivity contribution >= 4 is 5.91 Å². The minimum Gasteiger partial charge on any atom is -0.359 e. The summed E-state index contributed by atoms with van der Waals surface area (Å²) in [6, 6.07) is 0. The van der Waals surface area contributed by atoms with Crippen LogP contribution in [0, 0.1) is 0 Å². The highest BCUT2D eigenvalue weighted by Crippen LogP contribution is 1.74. The summed E-state index contributed by atoms with van der Waals surface area (Å²) in [6.07, 6.45) is 0.536. The quantitative estimate of drug-likeness (QED) is 0.262. The van der Waals surface area contributed by atoms with Crippen LogP contribution in [0.25, 0.3) is 0 Å². The van der Waals surface area contributed by atoms with E-state index in [0.717, 1.165) is 39.3 Å². The molecule has 0 aliphatic carbocycles. The molecule has 0 unspecified atom stereocenters. The Bertz CT molecular complexity index is 165. The van der Waals surface area contributed by atoms with Gasteiger partial charge >= 0.3 is 0 Å². The molecule has 16 heavy (non-hydrogen) atoms. The zero-order valence-corrected chi connectivity index (χ0v) is 10.1. The van der Waals surface area contributed by atoms with Gasteiger partial charge in [-0.2, -0.15) is 0 Å². The standard InChI is InChI=1S/C10H25N5O/c1-12-10(16)2-4-13-6-8-15-9-7-14-5-3-11/h13-15H,2-9,11H2,1H3,(H,12,16). The summed E-state index contributed by atoms with van der Waals surface area (Å²) in [7, 11) is 1.65. The second-order valence-corrected chi connectivity index (χ2v) is 3.46. The van der Waals surface area contributed by atoms with Crippen LogP contribution >= 0.6 is 0 Å². The van der Waals surface area contributed by atoms with E-state index in [1.165, 1.54) is 0 Å². The molecular formula is C10H25N5O. The maximum absolute atomic E-state index is 10.9. The van der Waals surface area contributed by atoms with Gasteiger partial charge in [-0.05, 0) is 0 Å². The number of amides is 1. The minimum atomic E-state index is 0.0754. The maximum atomic E-state index is 10.9. The molecule has 6 nitrogen and oxygen atoms in total. The molecule has 0 heterocycles. The van der Waals surface area contributed by atoms with Crippen molar-refractivity contribution < 1.29 is 4.79 Å². The zero-order valence-electron chi connectivity index (χ0n) is 10.1. The molecule has 0 aromatic rings. The van der Waals surface area contributed by atoms with Crippen molar-refractivity contribution in [2.45, 2.75) is 6.42 Å². The van der Waals surface area contributed by atoms with E-state index >= 15 is 0 Å². The molecule has 0 spiro atoms. The van der Waals surface area contributed by atoms with E-state index in [-0.39, 0.29) is 5.91 Å². The summed E-state index contributed by atoms with van der Waals surface area (Å²) in [4.78, 5) is 10.9. The van der Waals surface area contributed by atoms with E-state index in [4.69, 9.17) is 5.73 Å². The van der Waals surface area contributed by atoms with Gasteiger partial charge in [-0.3, -0.25) is 4.79 Å². The first-order chi connectivity index (χ1) is 7.81. The van der Waals surface area contributed by atoms with Crippen LogP contribution < -0.4 is 27.0 Å². The fourth-order valence-electron chi connectivity index (χ4n) is 1.16. The minimum absolute atomic E-state index is 0.0754. The first-order valence-corrected chi connectivity index (χ1v) is 5.84. The lowest BCUT2D eigenvalue weighted by Crippen LogP contribution is -2.35. The van der Waals surface area contributed by atoms with Crippen molar-refractivity contribution in [1.82, 2.24) is 21.3 Å². The normalized spacial score (nSPS) is 10.4. The predicted octanol–water partition coefficient (Wildman–Crippen LogP) is -2.15. The molecule has 0 radical (unpaired) electrons. The Balaban J connectivity index is 2.96. The molecule has 96 valence electrons. The Hall–Kier alpha value is -0.690. The average molecular weight is 231 g/mol. The van der Waals surface area contributed by atoms with E-state index < -0.39 is 0 Å². The number of hydrogen-bond acceptors (Lipinski definition) is 5. The Morgan fingerprint density at radius 1 is 0.938 bits per heavy atom. The number of carbonyl (C=O) groups is 1. The topological polar surface area (TPSA) is 91.2 Å². The lowest BCUT2D eigenvalue weighted by Gasteiger charge is -2.06. The molecule has 0 fully saturated rings. The zero-order chi connectivity index (χ0) is 12.1. The summed E-state index contributed by atoms with van der Waals surface area (Å²) in [6.45, 7) is 5.96. The van der Waals surface area contributed by atoms with Gasteiger partial charge < -0.3 is 27.0 Å². The third kappa shape index (κ3) is 11.4. The van der Waals surface area contributed by atoms with Gasteiger partial charge in [0.1, 0.15) is 0 Å². The highest BCUT2D eigenvalue weighted by atomic mass is 16.1. The number of carbonyl (C=O) groups excluding carboxylic acids is 1. The van der Waals surface area contributed by atoms with Crippen molar-refractivity contribution in [2.75, 3.05) is 52.9 Å². The van der Waals surface area contributed by atoms with Crippen molar-refractivity contribution in [1.29, 1.82) is 0 Å². The molecule has 0 rings (SSSR count). The third-order valence-electron chi connectivity index (χ3n) is 2.09. The fraction of sp³-hybridized carbons (Fsp3) is 0.900. The first-order valence-electron chi connectivity index (χ1n) is 5.84. The number of hydrogen-bond donors (Lipinski definition) is 5. The molecule has 6 heteroatoms. The first kappa shape index (κ1) is 15.3. The van der Waals surface area contributed by atoms with Crippen LogP contribution in [0.2, 0.25) is 0 Å². The van der Waals surface area contributed by atoms with Gasteiger partial charge in [0.15, 0.2) is 0 Å². The molecule has 0 saturated carbocycles. The SMILES string of the molecule is CNC(=O)CCNCCNCCNCCN. The van der Waals surface area contributed by atoms with Gasteiger partial charge in [0.05, 0.1) is 0 Å². The molecular weight excluding hydrogens is 206 g/mol. The summed E-state index contributed by atoms with van der Waals surface area (Å²) in [5.41, 5.74) is 5.33. The Kier molecular flexibility index (Phi) is 11.8. The van der Waals surface area contributed by atoms with Crippen molar-refractivity contribution in [2.24, 2.45) is 5.73 Å². The van der Waals surface area contributed by atoms with Crippen LogP contribution in [0.4, 0.5) is 0 Å². The second kappa shape index (κ2) is 12.4. The molecule has 0 aliphatic heterocycles. The third-order valence-corrected chi connectivity index (χ3v) is 2.09. The van der Waals surface area contributed by atoms with Crippen LogP contribution in [0.1, 0.15) is 6.42 Å². The molecule has 0 saturated heterocycles. The molecule has 6 N–H and O–H groups in total. The fourth-order valence-corrected chi connectivity index (χ4v) is 1.16. The number of nitrogens with two attached hydrogens (primary N) is 1. The molecule has 1 amide bonds. The summed E-state index contributed by atoms with van der Waals surface area (Å²) < 4.78 is 0. The van der Waals surface area contributed by atoms with Crippen molar-refractivity contribution in [3.63, 3.8) is 0 Å². The van der Waals surface area contributed by atoms with Gasteiger partial charge in [0, 0.05) is 59.3 Å². The van der Waals surface area contributed by atoms with Crippen molar-refractivity contribution in [3.8, 4) is 0 Å². The van der Waals surface area contributed by atoms with Gasteiger partial charge in [-0.1, -0.05) is 0 Å². The molecule has 0 aromatic heterocycles. The maximum Gasteiger partial charge on any atom is 0.221 e. The van der Waals surface area contributed by atoms with E-state index in [9.17, 15) is 4.79 Å². The van der Waals surface area contributed by atoms with Gasteiger partial charge in [-0.15, -0.1) is 0 Å². The molecule has 0 bridgehead atoms.